The van der Waals surface area contributed by atoms with Crippen LogP contribution in [-0.2, 0) is 4.79 Å². The van der Waals surface area contributed by atoms with Crippen LogP contribution in [0.15, 0.2) is 24.8 Å². The van der Waals surface area contributed by atoms with Crippen molar-refractivity contribution in [2.45, 2.75) is 20.3 Å². The van der Waals surface area contributed by atoms with Gasteiger partial charge in [-0.15, -0.1) is 6.58 Å². The molecule has 2 atom stereocenters. The molecular weight excluding hydrogens is 136 g/mol. The molecule has 60 valence electrons. The Morgan fingerprint density at radius 2 is 2.45 bits per heavy atom. The first-order chi connectivity index (χ1) is 5.11. The van der Waals surface area contributed by atoms with Crippen molar-refractivity contribution in [3.63, 3.8) is 0 Å². The number of hydrogen-bond donors (Lipinski definition) is 0. The van der Waals surface area contributed by atoms with Gasteiger partial charge in [-0.05, 0) is 18.4 Å². The summed E-state index contributed by atoms with van der Waals surface area (Å²) >= 11 is 0. The second-order valence-corrected chi connectivity index (χ2v) is 3.42. The van der Waals surface area contributed by atoms with Crippen molar-refractivity contribution in [1.82, 2.24) is 0 Å². The van der Waals surface area contributed by atoms with E-state index in [2.05, 4.69) is 13.5 Å². The predicted octanol–water partition coefficient (Wildman–Crippen LogP) is 2.34. The summed E-state index contributed by atoms with van der Waals surface area (Å²) in [5, 5.41) is 0. The van der Waals surface area contributed by atoms with E-state index >= 15 is 0 Å². The Bertz CT molecular complexity index is 215. The number of ketones is 1. The van der Waals surface area contributed by atoms with Crippen LogP contribution in [0.4, 0.5) is 0 Å². The molecule has 0 unspecified atom stereocenters. The van der Waals surface area contributed by atoms with E-state index in [1.54, 1.807) is 6.08 Å². The summed E-state index contributed by atoms with van der Waals surface area (Å²) < 4.78 is 0. The molecule has 0 aromatic rings. The lowest BCUT2D eigenvalue weighted by molar-refractivity contribution is -0.123. The summed E-state index contributed by atoms with van der Waals surface area (Å²) in [6, 6.07) is 0. The molecule has 0 spiro atoms. The molecule has 1 rings (SSSR count). The van der Waals surface area contributed by atoms with Crippen molar-refractivity contribution in [2.75, 3.05) is 0 Å². The smallest absolute Gasteiger partial charge is 0.162 e. The predicted molar refractivity (Wildman–Crippen MR) is 46.2 cm³/mol. The molecule has 0 aromatic carbocycles. The van der Waals surface area contributed by atoms with Gasteiger partial charge in [-0.3, -0.25) is 4.79 Å². The minimum atomic E-state index is -0.207. The molecule has 0 bridgehead atoms. The third-order valence-corrected chi connectivity index (χ3v) is 2.67. The van der Waals surface area contributed by atoms with E-state index in [-0.39, 0.29) is 11.2 Å². The maximum absolute atomic E-state index is 11.4. The van der Waals surface area contributed by atoms with Gasteiger partial charge in [0.1, 0.15) is 0 Å². The Morgan fingerprint density at radius 1 is 1.82 bits per heavy atom. The third kappa shape index (κ3) is 1.15. The fourth-order valence-electron chi connectivity index (χ4n) is 1.45. The van der Waals surface area contributed by atoms with Crippen LogP contribution in [0.2, 0.25) is 0 Å². The highest BCUT2D eigenvalue weighted by Gasteiger charge is 2.38. The summed E-state index contributed by atoms with van der Waals surface area (Å²) in [6.45, 7) is 7.73. The minimum absolute atomic E-state index is 0.207. The van der Waals surface area contributed by atoms with Gasteiger partial charge in [-0.25, -0.2) is 0 Å². The fourth-order valence-corrected chi connectivity index (χ4v) is 1.45. The number of allylic oxidation sites excluding steroid dienone is 3. The molecule has 1 heteroatoms. The Balaban J connectivity index is 2.84. The molecule has 0 N–H and O–H groups in total. The van der Waals surface area contributed by atoms with Crippen LogP contribution < -0.4 is 0 Å². The highest BCUT2D eigenvalue weighted by Crippen LogP contribution is 2.38. The van der Waals surface area contributed by atoms with Crippen molar-refractivity contribution < 1.29 is 4.79 Å². The number of carbonyl (C=O) groups excluding carboxylic acids is 1. The third-order valence-electron chi connectivity index (χ3n) is 2.67. The second-order valence-electron chi connectivity index (χ2n) is 3.42. The molecule has 0 heterocycles. The van der Waals surface area contributed by atoms with E-state index in [1.165, 1.54) is 0 Å². The highest BCUT2D eigenvalue weighted by molar-refractivity contribution is 5.97. The number of hydrogen-bond acceptors (Lipinski definition) is 1. The maximum Gasteiger partial charge on any atom is 0.162 e. The molecule has 0 saturated carbocycles. The van der Waals surface area contributed by atoms with Crippen molar-refractivity contribution in [3.8, 4) is 0 Å². The van der Waals surface area contributed by atoms with Crippen LogP contribution in [0.1, 0.15) is 20.3 Å². The van der Waals surface area contributed by atoms with Crippen LogP contribution >= 0.6 is 0 Å². The van der Waals surface area contributed by atoms with Gasteiger partial charge >= 0.3 is 0 Å². The molecule has 0 aliphatic heterocycles. The summed E-state index contributed by atoms with van der Waals surface area (Å²) in [6.07, 6.45) is 6.27. The summed E-state index contributed by atoms with van der Waals surface area (Å²) in [4.78, 5) is 11.4. The summed E-state index contributed by atoms with van der Waals surface area (Å²) in [5.74, 6) is 0.595. The van der Waals surface area contributed by atoms with Crippen LogP contribution in [-0.4, -0.2) is 5.78 Å². The molecule has 0 amide bonds. The van der Waals surface area contributed by atoms with E-state index in [0.717, 1.165) is 6.42 Å². The molecule has 0 fully saturated rings. The lowest BCUT2D eigenvalue weighted by atomic mass is 9.76. The molecule has 0 aromatic heterocycles. The van der Waals surface area contributed by atoms with E-state index in [9.17, 15) is 4.79 Å². The average Bonchev–Trinajstić information content (AvgIpc) is 2.19. The van der Waals surface area contributed by atoms with Gasteiger partial charge in [-0.1, -0.05) is 26.0 Å². The molecule has 1 aliphatic rings. The molecule has 0 saturated heterocycles. The van der Waals surface area contributed by atoms with Gasteiger partial charge < -0.3 is 0 Å². The van der Waals surface area contributed by atoms with Crippen molar-refractivity contribution in [3.05, 3.63) is 24.8 Å². The van der Waals surface area contributed by atoms with Crippen molar-refractivity contribution in [2.24, 2.45) is 11.3 Å². The van der Waals surface area contributed by atoms with Crippen LogP contribution in [0.3, 0.4) is 0 Å². The molecular formula is C10H14O. The van der Waals surface area contributed by atoms with E-state index in [4.69, 9.17) is 0 Å². The topological polar surface area (TPSA) is 17.1 Å². The van der Waals surface area contributed by atoms with E-state index in [1.807, 2.05) is 19.1 Å². The van der Waals surface area contributed by atoms with E-state index in [0.29, 0.717) is 5.92 Å². The molecule has 1 nitrogen and oxygen atoms in total. The number of rotatable bonds is 2. The van der Waals surface area contributed by atoms with Gasteiger partial charge in [0.25, 0.3) is 0 Å². The number of carbonyl (C=O) groups is 1. The lowest BCUT2D eigenvalue weighted by Crippen LogP contribution is -2.27. The standard InChI is InChI=1S/C10H14O/c1-4-7-10(3)8(2)5-6-9(10)11/h4-6,8H,1,7H2,2-3H3/t8-,10+/m0/s1. The zero-order valence-electron chi connectivity index (χ0n) is 7.13. The Hall–Kier alpha value is -0.850. The zero-order chi connectivity index (χ0) is 8.48. The van der Waals surface area contributed by atoms with Crippen molar-refractivity contribution in [1.29, 1.82) is 0 Å². The maximum atomic E-state index is 11.4. The Labute approximate surface area is 67.8 Å². The lowest BCUT2D eigenvalue weighted by Gasteiger charge is -2.25. The monoisotopic (exact) mass is 150 g/mol. The zero-order valence-corrected chi connectivity index (χ0v) is 7.13. The van der Waals surface area contributed by atoms with Gasteiger partial charge in [0.15, 0.2) is 5.78 Å². The van der Waals surface area contributed by atoms with Crippen LogP contribution in [0, 0.1) is 11.3 Å². The first-order valence-corrected chi connectivity index (χ1v) is 3.95. The van der Waals surface area contributed by atoms with E-state index < -0.39 is 0 Å². The van der Waals surface area contributed by atoms with Gasteiger partial charge in [0.05, 0.1) is 0 Å². The highest BCUT2D eigenvalue weighted by atomic mass is 16.1. The van der Waals surface area contributed by atoms with Crippen LogP contribution in [0.5, 0.6) is 0 Å². The molecule has 11 heavy (non-hydrogen) atoms. The average molecular weight is 150 g/mol. The fraction of sp³-hybridized carbons (Fsp3) is 0.500. The minimum Gasteiger partial charge on any atom is -0.294 e. The Kier molecular flexibility index (Phi) is 1.99. The first kappa shape index (κ1) is 8.25. The van der Waals surface area contributed by atoms with Gasteiger partial charge in [0, 0.05) is 5.41 Å². The van der Waals surface area contributed by atoms with Crippen LogP contribution in [0.25, 0.3) is 0 Å². The normalized spacial score (nSPS) is 36.2. The second kappa shape index (κ2) is 2.65. The van der Waals surface area contributed by atoms with Gasteiger partial charge in [0.2, 0.25) is 0 Å². The molecule has 0 radical (unpaired) electrons. The van der Waals surface area contributed by atoms with Gasteiger partial charge in [-0.2, -0.15) is 0 Å². The summed E-state index contributed by atoms with van der Waals surface area (Å²) in [5.41, 5.74) is -0.207. The SMILES string of the molecule is C=CC[C@@]1(C)C(=O)C=C[C@@H]1C. The Morgan fingerprint density at radius 3 is 2.82 bits per heavy atom. The first-order valence-electron chi connectivity index (χ1n) is 3.95. The summed E-state index contributed by atoms with van der Waals surface area (Å²) in [7, 11) is 0. The molecule has 1 aliphatic carbocycles. The largest absolute Gasteiger partial charge is 0.294 e. The quantitative estimate of drug-likeness (QED) is 0.552. The van der Waals surface area contributed by atoms with Crippen molar-refractivity contribution >= 4 is 5.78 Å².